The summed E-state index contributed by atoms with van der Waals surface area (Å²) in [5, 5.41) is 2.16. The van der Waals surface area contributed by atoms with E-state index in [-0.39, 0.29) is 17.9 Å². The van der Waals surface area contributed by atoms with Crippen molar-refractivity contribution in [2.75, 3.05) is 6.54 Å². The number of hydrazine groups is 1. The zero-order valence-corrected chi connectivity index (χ0v) is 12.3. The largest absolute Gasteiger partial charge is 0.416 e. The number of rotatable bonds is 5. The minimum Gasteiger partial charge on any atom is -0.343 e. The van der Waals surface area contributed by atoms with Crippen molar-refractivity contribution >= 4 is 17.7 Å². The maximum Gasteiger partial charge on any atom is 0.416 e. The Morgan fingerprint density at radius 2 is 1.74 bits per heavy atom. The molecule has 0 spiro atoms. The molecule has 0 unspecified atom stereocenters. The molecule has 6 nitrogen and oxygen atoms in total. The zero-order chi connectivity index (χ0) is 17.5. The third kappa shape index (κ3) is 6.37. The number of halogens is 3. The second-order valence-corrected chi connectivity index (χ2v) is 4.61. The van der Waals surface area contributed by atoms with E-state index in [0.717, 1.165) is 12.1 Å². The molecule has 0 atom stereocenters. The quantitative estimate of drug-likeness (QED) is 0.713. The van der Waals surface area contributed by atoms with Gasteiger partial charge in [-0.2, -0.15) is 13.2 Å². The summed E-state index contributed by atoms with van der Waals surface area (Å²) >= 11 is 0. The summed E-state index contributed by atoms with van der Waals surface area (Å²) in [7, 11) is 0. The van der Waals surface area contributed by atoms with Crippen LogP contribution in [0.15, 0.2) is 24.3 Å². The highest BCUT2D eigenvalue weighted by molar-refractivity contribution is 5.96. The highest BCUT2D eigenvalue weighted by Gasteiger charge is 2.30. The van der Waals surface area contributed by atoms with Crippen LogP contribution in [0.3, 0.4) is 0 Å². The first kappa shape index (κ1) is 18.5. The molecule has 0 aromatic heterocycles. The minimum atomic E-state index is -4.56. The molecule has 1 rings (SSSR count). The van der Waals surface area contributed by atoms with E-state index in [1.54, 1.807) is 6.92 Å². The van der Waals surface area contributed by atoms with E-state index in [1.807, 2.05) is 0 Å². The topological polar surface area (TPSA) is 87.3 Å². The maximum absolute atomic E-state index is 12.5. The van der Waals surface area contributed by atoms with Crippen LogP contribution in [0.5, 0.6) is 0 Å². The predicted molar refractivity (Wildman–Crippen MR) is 75.0 cm³/mol. The number of nitrogens with one attached hydrogen (secondary N) is 3. The second kappa shape index (κ2) is 8.16. The number of carbonyl (C=O) groups is 3. The third-order valence-electron chi connectivity index (χ3n) is 2.68. The monoisotopic (exact) mass is 331 g/mol. The third-order valence-corrected chi connectivity index (χ3v) is 2.68. The lowest BCUT2D eigenvalue weighted by molar-refractivity contribution is -0.137. The van der Waals surface area contributed by atoms with Crippen molar-refractivity contribution in [1.82, 2.24) is 16.2 Å². The number of hydrogen-bond donors (Lipinski definition) is 3. The van der Waals surface area contributed by atoms with Crippen molar-refractivity contribution in [3.8, 4) is 0 Å². The summed E-state index contributed by atoms with van der Waals surface area (Å²) in [4.78, 5) is 34.2. The first-order valence-corrected chi connectivity index (χ1v) is 6.77. The summed E-state index contributed by atoms with van der Waals surface area (Å²) in [6, 6.07) is 3.83. The molecule has 0 radical (unpaired) electrons. The van der Waals surface area contributed by atoms with Crippen LogP contribution in [0, 0.1) is 0 Å². The fourth-order valence-electron chi connectivity index (χ4n) is 1.57. The highest BCUT2D eigenvalue weighted by Crippen LogP contribution is 2.29. The normalized spacial score (nSPS) is 10.8. The number of benzene rings is 1. The summed E-state index contributed by atoms with van der Waals surface area (Å²) < 4.78 is 37.6. The lowest BCUT2D eigenvalue weighted by Gasteiger charge is -2.10. The van der Waals surface area contributed by atoms with Crippen molar-refractivity contribution in [1.29, 1.82) is 0 Å². The molecular weight excluding hydrogens is 315 g/mol. The van der Waals surface area contributed by atoms with E-state index < -0.39 is 30.1 Å². The van der Waals surface area contributed by atoms with Crippen LogP contribution < -0.4 is 16.2 Å². The van der Waals surface area contributed by atoms with E-state index in [0.29, 0.717) is 12.5 Å². The molecule has 23 heavy (non-hydrogen) atoms. The van der Waals surface area contributed by atoms with Gasteiger partial charge in [0.05, 0.1) is 12.1 Å². The Bertz CT molecular complexity index is 588. The van der Waals surface area contributed by atoms with E-state index in [9.17, 15) is 27.6 Å². The first-order chi connectivity index (χ1) is 10.7. The molecule has 1 aromatic rings. The van der Waals surface area contributed by atoms with Crippen LogP contribution in [0.2, 0.25) is 0 Å². The van der Waals surface area contributed by atoms with Gasteiger partial charge in [-0.05, 0) is 24.6 Å². The van der Waals surface area contributed by atoms with Gasteiger partial charge in [-0.15, -0.1) is 0 Å². The standard InChI is InChI=1S/C14H16F3N3O3/c1-2-4-11(21)19-20-12(22)8-18-13(23)9-5-3-6-10(7-9)14(15,16)17/h3,5-7H,2,4,8H2,1H3,(H,18,23)(H,19,21)(H,20,22). The smallest absolute Gasteiger partial charge is 0.343 e. The van der Waals surface area contributed by atoms with Gasteiger partial charge in [0, 0.05) is 12.0 Å². The molecule has 1 aromatic carbocycles. The van der Waals surface area contributed by atoms with Gasteiger partial charge in [0.25, 0.3) is 11.8 Å². The van der Waals surface area contributed by atoms with Gasteiger partial charge >= 0.3 is 6.18 Å². The molecule has 0 saturated carbocycles. The molecule has 0 aliphatic rings. The second-order valence-electron chi connectivity index (χ2n) is 4.61. The SMILES string of the molecule is CCCC(=O)NNC(=O)CNC(=O)c1cccc(C(F)(F)F)c1. The Hall–Kier alpha value is -2.58. The average molecular weight is 331 g/mol. The predicted octanol–water partition coefficient (Wildman–Crippen LogP) is 1.38. The first-order valence-electron chi connectivity index (χ1n) is 6.77. The zero-order valence-electron chi connectivity index (χ0n) is 12.3. The summed E-state index contributed by atoms with van der Waals surface area (Å²) in [5.41, 5.74) is 3.04. The Morgan fingerprint density at radius 1 is 1.09 bits per heavy atom. The number of amides is 3. The van der Waals surface area contributed by atoms with Crippen LogP contribution in [0.4, 0.5) is 13.2 Å². The van der Waals surface area contributed by atoms with Gasteiger partial charge in [0.2, 0.25) is 5.91 Å². The molecule has 0 aliphatic heterocycles. The van der Waals surface area contributed by atoms with Crippen molar-refractivity contribution in [3.05, 3.63) is 35.4 Å². The van der Waals surface area contributed by atoms with Crippen LogP contribution in [0.25, 0.3) is 0 Å². The fourth-order valence-corrected chi connectivity index (χ4v) is 1.57. The maximum atomic E-state index is 12.5. The van der Waals surface area contributed by atoms with Crippen molar-refractivity contribution in [2.24, 2.45) is 0 Å². The summed E-state index contributed by atoms with van der Waals surface area (Å²) in [5.74, 6) is -1.91. The van der Waals surface area contributed by atoms with Gasteiger partial charge in [-0.1, -0.05) is 13.0 Å². The molecule has 9 heteroatoms. The molecule has 0 fully saturated rings. The Kier molecular flexibility index (Phi) is 6.55. The van der Waals surface area contributed by atoms with Crippen molar-refractivity contribution < 1.29 is 27.6 Å². The van der Waals surface area contributed by atoms with Crippen molar-refractivity contribution in [2.45, 2.75) is 25.9 Å². The van der Waals surface area contributed by atoms with Gasteiger partial charge < -0.3 is 5.32 Å². The average Bonchev–Trinajstić information content (AvgIpc) is 2.50. The number of hydrogen-bond acceptors (Lipinski definition) is 3. The number of alkyl halides is 3. The Balaban J connectivity index is 2.51. The Labute approximate surface area is 130 Å². The van der Waals surface area contributed by atoms with Gasteiger partial charge in [-0.25, -0.2) is 0 Å². The molecule has 0 heterocycles. The van der Waals surface area contributed by atoms with E-state index in [4.69, 9.17) is 0 Å². The Morgan fingerprint density at radius 3 is 2.35 bits per heavy atom. The lowest BCUT2D eigenvalue weighted by Crippen LogP contribution is -2.46. The minimum absolute atomic E-state index is 0.220. The van der Waals surface area contributed by atoms with Gasteiger partial charge in [0.1, 0.15) is 0 Å². The molecule has 0 saturated heterocycles. The van der Waals surface area contributed by atoms with E-state index >= 15 is 0 Å². The van der Waals surface area contributed by atoms with E-state index in [1.165, 1.54) is 6.07 Å². The molecule has 126 valence electrons. The van der Waals surface area contributed by atoms with Crippen molar-refractivity contribution in [3.63, 3.8) is 0 Å². The van der Waals surface area contributed by atoms with Crippen LogP contribution in [-0.2, 0) is 15.8 Å². The molecule has 0 aliphatic carbocycles. The molecular formula is C14H16F3N3O3. The van der Waals surface area contributed by atoms with Crippen LogP contribution in [-0.4, -0.2) is 24.3 Å². The fraction of sp³-hybridized carbons (Fsp3) is 0.357. The summed E-state index contributed by atoms with van der Waals surface area (Å²) in [6.07, 6.45) is -3.72. The molecule has 0 bridgehead atoms. The molecule has 3 amide bonds. The van der Waals surface area contributed by atoms with Crippen LogP contribution >= 0.6 is 0 Å². The lowest BCUT2D eigenvalue weighted by atomic mass is 10.1. The summed E-state index contributed by atoms with van der Waals surface area (Å²) in [6.45, 7) is 1.30. The number of carbonyl (C=O) groups excluding carboxylic acids is 3. The van der Waals surface area contributed by atoms with Gasteiger partial charge in [0.15, 0.2) is 0 Å². The van der Waals surface area contributed by atoms with Gasteiger partial charge in [-0.3, -0.25) is 25.2 Å². The highest BCUT2D eigenvalue weighted by atomic mass is 19.4. The van der Waals surface area contributed by atoms with Crippen LogP contribution in [0.1, 0.15) is 35.7 Å². The van der Waals surface area contributed by atoms with E-state index in [2.05, 4.69) is 16.2 Å². The molecule has 3 N–H and O–H groups in total.